The zero-order valence-corrected chi connectivity index (χ0v) is 13.9. The zero-order valence-electron chi connectivity index (χ0n) is 12.3. The Kier molecular flexibility index (Phi) is 6.40. The summed E-state index contributed by atoms with van der Waals surface area (Å²) < 4.78 is 14.6. The molecule has 0 bridgehead atoms. The maximum atomic E-state index is 13.5. The van der Waals surface area contributed by atoms with Crippen LogP contribution in [0.2, 0.25) is 0 Å². The van der Waals surface area contributed by atoms with Gasteiger partial charge < -0.3 is 5.32 Å². The van der Waals surface area contributed by atoms with E-state index < -0.39 is 0 Å². The Bertz CT molecular complexity index is 571. The second-order valence-corrected chi connectivity index (χ2v) is 6.11. The maximum absolute atomic E-state index is 13.5. The molecule has 2 aromatic rings. The third-order valence-corrected chi connectivity index (χ3v) is 4.34. The lowest BCUT2D eigenvalue weighted by molar-refractivity contribution is 0.568. The van der Waals surface area contributed by atoms with E-state index in [0.29, 0.717) is 0 Å². The molecule has 0 heterocycles. The second-order valence-electron chi connectivity index (χ2n) is 5.25. The highest BCUT2D eigenvalue weighted by atomic mass is 79.9. The Balaban J connectivity index is 2.17. The molecule has 2 rings (SSSR count). The first-order valence-electron chi connectivity index (χ1n) is 7.40. The van der Waals surface area contributed by atoms with E-state index in [0.717, 1.165) is 36.0 Å². The van der Waals surface area contributed by atoms with Crippen LogP contribution in [-0.4, -0.2) is 13.1 Å². The van der Waals surface area contributed by atoms with E-state index in [9.17, 15) is 4.39 Å². The summed E-state index contributed by atoms with van der Waals surface area (Å²) in [4.78, 5) is 0. The lowest BCUT2D eigenvalue weighted by Crippen LogP contribution is -2.24. The molecule has 0 saturated heterocycles. The van der Waals surface area contributed by atoms with Crippen molar-refractivity contribution in [1.29, 1.82) is 0 Å². The highest BCUT2D eigenvalue weighted by Crippen LogP contribution is 2.25. The molecule has 0 spiro atoms. The third kappa shape index (κ3) is 4.94. The van der Waals surface area contributed by atoms with Gasteiger partial charge in [0.05, 0.1) is 0 Å². The minimum absolute atomic E-state index is 0.167. The molecular weight excluding hydrogens is 329 g/mol. The van der Waals surface area contributed by atoms with E-state index >= 15 is 0 Å². The maximum Gasteiger partial charge on any atom is 0.123 e. The molecule has 0 saturated carbocycles. The summed E-state index contributed by atoms with van der Waals surface area (Å²) >= 11 is 3.60. The van der Waals surface area contributed by atoms with Crippen LogP contribution >= 0.6 is 15.9 Å². The Morgan fingerprint density at radius 1 is 1.14 bits per heavy atom. The van der Waals surface area contributed by atoms with Crippen molar-refractivity contribution in [2.45, 2.75) is 25.7 Å². The predicted octanol–water partition coefficient (Wildman–Crippen LogP) is 4.91. The van der Waals surface area contributed by atoms with E-state index in [-0.39, 0.29) is 11.7 Å². The van der Waals surface area contributed by atoms with Gasteiger partial charge in [-0.1, -0.05) is 53.2 Å². The average molecular weight is 350 g/mol. The Labute approximate surface area is 134 Å². The smallest absolute Gasteiger partial charge is 0.123 e. The van der Waals surface area contributed by atoms with Crippen LogP contribution in [0.15, 0.2) is 53.0 Å². The van der Waals surface area contributed by atoms with Gasteiger partial charge in [0.2, 0.25) is 0 Å². The first kappa shape index (κ1) is 16.2. The monoisotopic (exact) mass is 349 g/mol. The number of hydrogen-bond donors (Lipinski definition) is 1. The first-order chi connectivity index (χ1) is 10.2. The van der Waals surface area contributed by atoms with Crippen LogP contribution in [0.25, 0.3) is 0 Å². The number of benzene rings is 2. The Hall–Kier alpha value is -1.19. The summed E-state index contributed by atoms with van der Waals surface area (Å²) in [5.41, 5.74) is 2.31. The van der Waals surface area contributed by atoms with Crippen molar-refractivity contribution in [3.63, 3.8) is 0 Å². The van der Waals surface area contributed by atoms with Gasteiger partial charge in [-0.2, -0.15) is 0 Å². The molecule has 112 valence electrons. The minimum atomic E-state index is -0.167. The fourth-order valence-electron chi connectivity index (χ4n) is 2.45. The molecule has 0 aliphatic carbocycles. The second kappa shape index (κ2) is 8.30. The van der Waals surface area contributed by atoms with E-state index in [1.807, 2.05) is 18.2 Å². The van der Waals surface area contributed by atoms with Crippen molar-refractivity contribution in [2.75, 3.05) is 13.1 Å². The van der Waals surface area contributed by atoms with Crippen LogP contribution in [0.3, 0.4) is 0 Å². The average Bonchev–Trinajstić information content (AvgIpc) is 2.48. The van der Waals surface area contributed by atoms with Crippen LogP contribution in [-0.2, 0) is 6.42 Å². The van der Waals surface area contributed by atoms with E-state index in [4.69, 9.17) is 0 Å². The zero-order chi connectivity index (χ0) is 15.1. The van der Waals surface area contributed by atoms with E-state index in [1.165, 1.54) is 11.6 Å². The van der Waals surface area contributed by atoms with E-state index in [2.05, 4.69) is 40.3 Å². The van der Waals surface area contributed by atoms with Gasteiger partial charge in [0.1, 0.15) is 5.82 Å². The number of rotatable bonds is 7. The molecule has 0 aliphatic rings. The van der Waals surface area contributed by atoms with Gasteiger partial charge in [-0.05, 0) is 48.7 Å². The van der Waals surface area contributed by atoms with Crippen molar-refractivity contribution in [2.24, 2.45) is 0 Å². The summed E-state index contributed by atoms with van der Waals surface area (Å²) in [7, 11) is 0. The standard InChI is InChI=1S/C18H21BrFN/c1-2-10-21-13-16(14-7-5-8-17(20)12-14)11-15-6-3-4-9-18(15)19/h3-9,12,16,21H,2,10-11,13H2,1H3. The SMILES string of the molecule is CCCNCC(Cc1ccccc1Br)c1cccc(F)c1. The van der Waals surface area contributed by atoms with Gasteiger partial charge in [0.25, 0.3) is 0 Å². The molecule has 0 amide bonds. The largest absolute Gasteiger partial charge is 0.316 e. The molecule has 1 N–H and O–H groups in total. The van der Waals surface area contributed by atoms with Crippen molar-refractivity contribution in [3.05, 3.63) is 69.9 Å². The summed E-state index contributed by atoms with van der Waals surface area (Å²) in [6.45, 7) is 4.00. The van der Waals surface area contributed by atoms with Crippen molar-refractivity contribution >= 4 is 15.9 Å². The summed E-state index contributed by atoms with van der Waals surface area (Å²) in [6.07, 6.45) is 1.99. The van der Waals surface area contributed by atoms with Gasteiger partial charge >= 0.3 is 0 Å². The highest BCUT2D eigenvalue weighted by Gasteiger charge is 2.14. The Morgan fingerprint density at radius 2 is 1.95 bits per heavy atom. The molecule has 2 aromatic carbocycles. The normalized spacial score (nSPS) is 12.3. The van der Waals surface area contributed by atoms with Gasteiger partial charge in [-0.3, -0.25) is 0 Å². The molecule has 0 aromatic heterocycles. The predicted molar refractivity (Wildman–Crippen MR) is 90.1 cm³/mol. The molecule has 1 unspecified atom stereocenters. The fourth-order valence-corrected chi connectivity index (χ4v) is 2.90. The molecule has 0 fully saturated rings. The topological polar surface area (TPSA) is 12.0 Å². The van der Waals surface area contributed by atoms with Crippen LogP contribution in [0.4, 0.5) is 4.39 Å². The van der Waals surface area contributed by atoms with Gasteiger partial charge in [-0.15, -0.1) is 0 Å². The molecular formula is C18H21BrFN. The van der Waals surface area contributed by atoms with E-state index in [1.54, 1.807) is 12.1 Å². The summed E-state index contributed by atoms with van der Waals surface area (Å²) in [5, 5.41) is 3.46. The summed E-state index contributed by atoms with van der Waals surface area (Å²) in [5.74, 6) is 0.103. The minimum Gasteiger partial charge on any atom is -0.316 e. The molecule has 1 nitrogen and oxygen atoms in total. The molecule has 0 aliphatic heterocycles. The summed E-state index contributed by atoms with van der Waals surface area (Å²) in [6, 6.07) is 15.2. The van der Waals surface area contributed by atoms with Crippen molar-refractivity contribution in [1.82, 2.24) is 5.32 Å². The number of nitrogens with one attached hydrogen (secondary N) is 1. The lowest BCUT2D eigenvalue weighted by Gasteiger charge is -2.19. The quantitative estimate of drug-likeness (QED) is 0.700. The number of halogens is 2. The van der Waals surface area contributed by atoms with Crippen molar-refractivity contribution in [3.8, 4) is 0 Å². The van der Waals surface area contributed by atoms with Gasteiger partial charge in [-0.25, -0.2) is 4.39 Å². The van der Waals surface area contributed by atoms with Crippen molar-refractivity contribution < 1.29 is 4.39 Å². The third-order valence-electron chi connectivity index (χ3n) is 3.56. The van der Waals surface area contributed by atoms with Crippen LogP contribution < -0.4 is 5.32 Å². The van der Waals surface area contributed by atoms with Gasteiger partial charge in [0.15, 0.2) is 0 Å². The van der Waals surface area contributed by atoms with Crippen LogP contribution in [0, 0.1) is 5.82 Å². The van der Waals surface area contributed by atoms with Gasteiger partial charge in [0, 0.05) is 16.9 Å². The molecule has 21 heavy (non-hydrogen) atoms. The Morgan fingerprint density at radius 3 is 2.67 bits per heavy atom. The lowest BCUT2D eigenvalue weighted by atomic mass is 9.91. The molecule has 1 atom stereocenters. The number of hydrogen-bond acceptors (Lipinski definition) is 1. The molecule has 0 radical (unpaired) electrons. The fraction of sp³-hybridized carbons (Fsp3) is 0.333. The highest BCUT2D eigenvalue weighted by molar-refractivity contribution is 9.10. The first-order valence-corrected chi connectivity index (χ1v) is 8.19. The van der Waals surface area contributed by atoms with Crippen LogP contribution in [0.1, 0.15) is 30.4 Å². The molecule has 3 heteroatoms. The van der Waals surface area contributed by atoms with Crippen LogP contribution in [0.5, 0.6) is 0 Å².